The fourth-order valence-corrected chi connectivity index (χ4v) is 5.27. The molecular formula is C35H51N9O7. The van der Waals surface area contributed by atoms with Crippen molar-refractivity contribution in [2.45, 2.75) is 78.2 Å². The van der Waals surface area contributed by atoms with Gasteiger partial charge in [0.1, 0.15) is 12.1 Å². The van der Waals surface area contributed by atoms with Crippen molar-refractivity contribution in [1.29, 1.82) is 0 Å². The van der Waals surface area contributed by atoms with Crippen LogP contribution in [0.4, 0.5) is 9.59 Å². The number of aromatic nitrogens is 4. The highest BCUT2D eigenvalue weighted by Gasteiger charge is 2.35. The zero-order valence-corrected chi connectivity index (χ0v) is 30.5. The summed E-state index contributed by atoms with van der Waals surface area (Å²) in [6, 6.07) is 13.9. The predicted octanol–water partition coefficient (Wildman–Crippen LogP) is 2.34. The number of hydrazine groups is 1. The SMILES string of the molecule is CC[C@H](C)[C@H](NC(=O)OC)C(=O)N[C@@H](Cc1ccccc1)[C@@H](O)CN(Cc1ccc(-c2nnn(C)n2)cc1)NC(=O)[C@@H](NC(=O)OC)C(C)(C)C. The zero-order valence-electron chi connectivity index (χ0n) is 30.5. The Bertz CT molecular complexity index is 1580. The number of hydrogen-bond donors (Lipinski definition) is 5. The third-order valence-electron chi connectivity index (χ3n) is 8.39. The highest BCUT2D eigenvalue weighted by Crippen LogP contribution is 2.21. The monoisotopic (exact) mass is 709 g/mol. The van der Waals surface area contributed by atoms with Crippen LogP contribution in [-0.2, 0) is 39.1 Å². The summed E-state index contributed by atoms with van der Waals surface area (Å²) in [4.78, 5) is 53.2. The largest absolute Gasteiger partial charge is 0.453 e. The first-order valence-corrected chi connectivity index (χ1v) is 16.7. The summed E-state index contributed by atoms with van der Waals surface area (Å²) in [6.07, 6.45) is -1.91. The fraction of sp³-hybridized carbons (Fsp3) is 0.514. The third-order valence-corrected chi connectivity index (χ3v) is 8.39. The standard InChI is InChI=1S/C35H51N9O7/c1-9-22(2)28(37-33(48)50-7)31(46)36-26(19-23-13-11-10-12-14-23)27(45)21-44(41-32(47)29(35(3,4)5)38-34(49)51-8)20-24-15-17-25(18-16-24)30-39-42-43(6)40-30/h10-18,22,26-29,45H,9,19-21H2,1-8H3,(H,36,46)(H,37,48)(H,38,49)(H,41,47)/t22-,26-,27-,28-,29+/m0/s1. The molecule has 16 nitrogen and oxygen atoms in total. The lowest BCUT2D eigenvalue weighted by Gasteiger charge is -2.35. The van der Waals surface area contributed by atoms with Gasteiger partial charge < -0.3 is 30.5 Å². The average molecular weight is 710 g/mol. The zero-order chi connectivity index (χ0) is 37.7. The van der Waals surface area contributed by atoms with E-state index in [0.717, 1.165) is 16.7 Å². The van der Waals surface area contributed by atoms with Crippen molar-refractivity contribution in [2.24, 2.45) is 18.4 Å². The molecule has 0 saturated heterocycles. The number of rotatable bonds is 16. The normalized spacial score (nSPS) is 14.4. The molecule has 3 rings (SSSR count). The quantitative estimate of drug-likeness (QED) is 0.137. The van der Waals surface area contributed by atoms with Crippen molar-refractivity contribution >= 4 is 24.0 Å². The van der Waals surface area contributed by atoms with Crippen LogP contribution in [0.5, 0.6) is 0 Å². The van der Waals surface area contributed by atoms with Gasteiger partial charge in [0.15, 0.2) is 0 Å². The molecule has 0 fully saturated rings. The van der Waals surface area contributed by atoms with Crippen LogP contribution in [0.2, 0.25) is 0 Å². The van der Waals surface area contributed by atoms with Gasteiger partial charge in [-0.3, -0.25) is 15.0 Å². The van der Waals surface area contributed by atoms with Crippen LogP contribution in [0.25, 0.3) is 11.4 Å². The number of alkyl carbamates (subject to hydrolysis) is 2. The van der Waals surface area contributed by atoms with Gasteiger partial charge in [0.25, 0.3) is 5.91 Å². The molecular weight excluding hydrogens is 658 g/mol. The minimum Gasteiger partial charge on any atom is -0.453 e. The van der Waals surface area contributed by atoms with Crippen molar-refractivity contribution in [3.63, 3.8) is 0 Å². The molecule has 0 bridgehead atoms. The van der Waals surface area contributed by atoms with Crippen LogP contribution in [0.15, 0.2) is 54.6 Å². The van der Waals surface area contributed by atoms with Gasteiger partial charge in [0.05, 0.1) is 33.4 Å². The molecule has 5 N–H and O–H groups in total. The minimum atomic E-state index is -1.23. The van der Waals surface area contributed by atoms with Crippen LogP contribution in [0, 0.1) is 11.3 Å². The van der Waals surface area contributed by atoms with E-state index in [-0.39, 0.29) is 25.4 Å². The lowest BCUT2D eigenvalue weighted by molar-refractivity contribution is -0.132. The molecule has 1 aromatic heterocycles. The summed E-state index contributed by atoms with van der Waals surface area (Å²) >= 11 is 0. The van der Waals surface area contributed by atoms with E-state index in [1.807, 2.05) is 68.4 Å². The summed E-state index contributed by atoms with van der Waals surface area (Å²) in [7, 11) is 4.10. The Morgan fingerprint density at radius 3 is 2.08 bits per heavy atom. The van der Waals surface area contributed by atoms with Gasteiger partial charge >= 0.3 is 12.2 Å². The van der Waals surface area contributed by atoms with Gasteiger partial charge in [-0.15, -0.1) is 10.2 Å². The molecule has 16 heteroatoms. The number of ether oxygens (including phenoxy) is 2. The molecule has 0 saturated carbocycles. The van der Waals surface area contributed by atoms with E-state index in [0.29, 0.717) is 12.2 Å². The molecule has 0 aliphatic rings. The Balaban J connectivity index is 1.95. The van der Waals surface area contributed by atoms with Gasteiger partial charge in [-0.05, 0) is 34.1 Å². The molecule has 0 aliphatic heterocycles. The van der Waals surface area contributed by atoms with Crippen molar-refractivity contribution in [1.82, 2.24) is 46.6 Å². The number of carbonyl (C=O) groups is 4. The molecule has 0 radical (unpaired) electrons. The first-order chi connectivity index (χ1) is 24.1. The van der Waals surface area contributed by atoms with E-state index >= 15 is 0 Å². The van der Waals surface area contributed by atoms with Crippen molar-refractivity contribution < 1.29 is 33.8 Å². The summed E-state index contributed by atoms with van der Waals surface area (Å²) < 4.78 is 9.52. The Labute approximate surface area is 298 Å². The highest BCUT2D eigenvalue weighted by molar-refractivity contribution is 5.86. The maximum absolute atomic E-state index is 13.8. The number of nitrogens with zero attached hydrogens (tertiary/aromatic N) is 5. The highest BCUT2D eigenvalue weighted by atomic mass is 16.5. The fourth-order valence-electron chi connectivity index (χ4n) is 5.27. The predicted molar refractivity (Wildman–Crippen MR) is 188 cm³/mol. The van der Waals surface area contributed by atoms with Gasteiger partial charge in [0.2, 0.25) is 11.7 Å². The van der Waals surface area contributed by atoms with Crippen LogP contribution in [0.1, 0.15) is 52.2 Å². The first kappa shape index (κ1) is 40.3. The smallest absolute Gasteiger partial charge is 0.407 e. The molecule has 5 atom stereocenters. The molecule has 4 amide bonds. The Kier molecular flexibility index (Phi) is 14.9. The number of tetrazole rings is 1. The first-order valence-electron chi connectivity index (χ1n) is 16.7. The topological polar surface area (TPSA) is 202 Å². The van der Waals surface area contributed by atoms with Crippen LogP contribution < -0.4 is 21.4 Å². The lowest BCUT2D eigenvalue weighted by atomic mass is 9.86. The number of nitrogens with one attached hydrogen (secondary N) is 4. The molecule has 2 aromatic carbocycles. The number of amides is 4. The number of methoxy groups -OCH3 is 2. The Hall–Kier alpha value is -5.09. The number of aliphatic hydroxyl groups is 1. The second kappa shape index (κ2) is 18.8. The van der Waals surface area contributed by atoms with E-state index in [1.165, 1.54) is 24.0 Å². The Morgan fingerprint density at radius 2 is 1.53 bits per heavy atom. The summed E-state index contributed by atoms with van der Waals surface area (Å²) in [6.45, 7) is 9.13. The molecule has 51 heavy (non-hydrogen) atoms. The number of benzene rings is 2. The van der Waals surface area contributed by atoms with E-state index in [4.69, 9.17) is 9.47 Å². The third kappa shape index (κ3) is 12.3. The summed E-state index contributed by atoms with van der Waals surface area (Å²) in [5.41, 5.74) is 4.52. The van der Waals surface area contributed by atoms with Crippen LogP contribution in [0.3, 0.4) is 0 Å². The van der Waals surface area contributed by atoms with Crippen molar-refractivity contribution in [3.8, 4) is 11.4 Å². The maximum atomic E-state index is 13.8. The van der Waals surface area contributed by atoms with Crippen molar-refractivity contribution in [2.75, 3.05) is 20.8 Å². The molecule has 0 unspecified atom stereocenters. The second-order valence-electron chi connectivity index (χ2n) is 13.5. The lowest BCUT2D eigenvalue weighted by Crippen LogP contribution is -2.60. The van der Waals surface area contributed by atoms with Crippen LogP contribution in [-0.4, -0.2) is 99.3 Å². The maximum Gasteiger partial charge on any atom is 0.407 e. The second-order valence-corrected chi connectivity index (χ2v) is 13.5. The molecule has 0 spiro atoms. The van der Waals surface area contributed by atoms with E-state index in [9.17, 15) is 24.3 Å². The molecule has 0 aliphatic carbocycles. The van der Waals surface area contributed by atoms with Gasteiger partial charge in [-0.25, -0.2) is 14.6 Å². The Morgan fingerprint density at radius 1 is 0.902 bits per heavy atom. The number of carbonyl (C=O) groups excluding carboxylic acids is 4. The summed E-state index contributed by atoms with van der Waals surface area (Å²) in [5, 5.41) is 33.7. The van der Waals surface area contributed by atoms with E-state index in [1.54, 1.807) is 27.8 Å². The van der Waals surface area contributed by atoms with Gasteiger partial charge in [-0.2, -0.15) is 4.80 Å². The van der Waals surface area contributed by atoms with Crippen molar-refractivity contribution in [3.05, 3.63) is 65.7 Å². The van der Waals surface area contributed by atoms with Crippen LogP contribution >= 0.6 is 0 Å². The average Bonchev–Trinajstić information content (AvgIpc) is 3.54. The van der Waals surface area contributed by atoms with E-state index in [2.05, 4.69) is 36.8 Å². The summed E-state index contributed by atoms with van der Waals surface area (Å²) in [5.74, 6) is -0.827. The van der Waals surface area contributed by atoms with Gasteiger partial charge in [0, 0.05) is 18.7 Å². The number of aryl methyl sites for hydroxylation is 1. The molecule has 3 aromatic rings. The number of aliphatic hydroxyl groups excluding tert-OH is 1. The van der Waals surface area contributed by atoms with Gasteiger partial charge in [-0.1, -0.05) is 95.6 Å². The molecule has 278 valence electrons. The van der Waals surface area contributed by atoms with E-state index < -0.39 is 53.6 Å². The number of hydrogen-bond acceptors (Lipinski definition) is 11. The molecule has 1 heterocycles. The minimum absolute atomic E-state index is 0.134.